The van der Waals surface area contributed by atoms with E-state index in [4.69, 9.17) is 4.74 Å². The number of nitrogens with zero attached hydrogens (tertiary/aromatic N) is 1. The van der Waals surface area contributed by atoms with E-state index in [0.29, 0.717) is 13.0 Å². The van der Waals surface area contributed by atoms with E-state index >= 15 is 0 Å². The maximum Gasteiger partial charge on any atom is 0.264 e. The lowest BCUT2D eigenvalue weighted by Crippen LogP contribution is -2.46. The molecular formula is C20H21FN2O3. The molecule has 1 heterocycles. The summed E-state index contributed by atoms with van der Waals surface area (Å²) in [6, 6.07) is 13.5. The highest BCUT2D eigenvalue weighted by Crippen LogP contribution is 2.28. The zero-order valence-electron chi connectivity index (χ0n) is 14.6. The molecule has 0 bridgehead atoms. The second-order valence-corrected chi connectivity index (χ2v) is 6.17. The number of carbonyl (C=O) groups excluding carboxylic acids is 2. The van der Waals surface area contributed by atoms with Crippen LogP contribution < -0.4 is 10.1 Å². The minimum Gasteiger partial charge on any atom is -0.480 e. The molecule has 6 heteroatoms. The molecule has 0 fully saturated rings. The van der Waals surface area contributed by atoms with Crippen LogP contribution in [0.25, 0.3) is 0 Å². The monoisotopic (exact) mass is 356 g/mol. The molecular weight excluding hydrogens is 335 g/mol. The van der Waals surface area contributed by atoms with Gasteiger partial charge in [0, 0.05) is 19.5 Å². The van der Waals surface area contributed by atoms with Gasteiger partial charge in [0.2, 0.25) is 5.91 Å². The molecule has 2 amide bonds. The van der Waals surface area contributed by atoms with Crippen LogP contribution in [0.3, 0.4) is 0 Å². The molecule has 0 saturated carbocycles. The van der Waals surface area contributed by atoms with Gasteiger partial charge in [-0.3, -0.25) is 9.59 Å². The van der Waals surface area contributed by atoms with Crippen molar-refractivity contribution in [1.29, 1.82) is 0 Å². The lowest BCUT2D eigenvalue weighted by Gasteiger charge is -2.23. The standard InChI is InChI=1S/C20H21FN2O3/c1-2-23(13-19(24)22-12-14-7-9-16(21)10-8-14)20(25)18-11-15-5-3-4-6-17(15)26-18/h3-10,18H,2,11-13H2,1H3,(H,22,24). The third kappa shape index (κ3) is 4.20. The molecule has 2 aromatic rings. The number of fused-ring (bicyclic) bond motifs is 1. The van der Waals surface area contributed by atoms with Crippen molar-refractivity contribution in [2.45, 2.75) is 26.0 Å². The summed E-state index contributed by atoms with van der Waals surface area (Å²) < 4.78 is 18.6. The predicted octanol–water partition coefficient (Wildman–Crippen LogP) is 2.29. The smallest absolute Gasteiger partial charge is 0.264 e. The third-order valence-electron chi connectivity index (χ3n) is 4.35. The number of hydrogen-bond acceptors (Lipinski definition) is 3. The quantitative estimate of drug-likeness (QED) is 0.864. The summed E-state index contributed by atoms with van der Waals surface area (Å²) in [7, 11) is 0. The average molecular weight is 356 g/mol. The molecule has 26 heavy (non-hydrogen) atoms. The predicted molar refractivity (Wildman–Crippen MR) is 95.1 cm³/mol. The average Bonchev–Trinajstić information content (AvgIpc) is 3.09. The van der Waals surface area contributed by atoms with Gasteiger partial charge in [-0.15, -0.1) is 0 Å². The molecule has 0 aliphatic carbocycles. The van der Waals surface area contributed by atoms with Crippen LogP contribution in [0.15, 0.2) is 48.5 Å². The number of amides is 2. The molecule has 136 valence electrons. The number of para-hydroxylation sites is 1. The Labute approximate surface area is 151 Å². The second kappa shape index (κ2) is 7.99. The minimum absolute atomic E-state index is 0.0350. The summed E-state index contributed by atoms with van der Waals surface area (Å²) >= 11 is 0. The van der Waals surface area contributed by atoms with Gasteiger partial charge >= 0.3 is 0 Å². The van der Waals surface area contributed by atoms with Crippen LogP contribution in [0.4, 0.5) is 4.39 Å². The van der Waals surface area contributed by atoms with Gasteiger partial charge in [-0.2, -0.15) is 0 Å². The number of halogens is 1. The van der Waals surface area contributed by atoms with E-state index in [1.165, 1.54) is 17.0 Å². The van der Waals surface area contributed by atoms with E-state index in [-0.39, 0.29) is 30.7 Å². The van der Waals surface area contributed by atoms with Crippen molar-refractivity contribution >= 4 is 11.8 Å². The minimum atomic E-state index is -0.586. The number of carbonyl (C=O) groups is 2. The van der Waals surface area contributed by atoms with E-state index in [0.717, 1.165) is 16.9 Å². The van der Waals surface area contributed by atoms with Crippen molar-refractivity contribution in [2.75, 3.05) is 13.1 Å². The van der Waals surface area contributed by atoms with Gasteiger partial charge in [0.15, 0.2) is 6.10 Å². The van der Waals surface area contributed by atoms with Crippen molar-refractivity contribution < 1.29 is 18.7 Å². The highest BCUT2D eigenvalue weighted by atomic mass is 19.1. The van der Waals surface area contributed by atoms with Gasteiger partial charge in [-0.1, -0.05) is 30.3 Å². The number of likely N-dealkylation sites (N-methyl/N-ethyl adjacent to an activating group) is 1. The molecule has 0 aromatic heterocycles. The topological polar surface area (TPSA) is 58.6 Å². The first-order chi connectivity index (χ1) is 12.6. The molecule has 2 aromatic carbocycles. The van der Waals surface area contributed by atoms with Gasteiger partial charge < -0.3 is 15.0 Å². The van der Waals surface area contributed by atoms with E-state index in [1.807, 2.05) is 31.2 Å². The Bertz CT molecular complexity index is 767. The highest BCUT2D eigenvalue weighted by molar-refractivity contribution is 5.87. The molecule has 1 atom stereocenters. The van der Waals surface area contributed by atoms with Crippen molar-refractivity contribution in [1.82, 2.24) is 10.2 Å². The molecule has 1 unspecified atom stereocenters. The first-order valence-corrected chi connectivity index (χ1v) is 8.61. The molecule has 1 N–H and O–H groups in total. The summed E-state index contributed by atoms with van der Waals surface area (Å²) in [5, 5.41) is 2.75. The Hall–Kier alpha value is -2.89. The fourth-order valence-corrected chi connectivity index (χ4v) is 2.90. The zero-order chi connectivity index (χ0) is 18.5. The van der Waals surface area contributed by atoms with E-state index in [9.17, 15) is 14.0 Å². The highest BCUT2D eigenvalue weighted by Gasteiger charge is 2.32. The van der Waals surface area contributed by atoms with Crippen LogP contribution in [0, 0.1) is 5.82 Å². The molecule has 3 rings (SSSR count). The normalized spacial score (nSPS) is 15.1. The first kappa shape index (κ1) is 17.9. The molecule has 0 spiro atoms. The summed E-state index contributed by atoms with van der Waals surface area (Å²) in [5.41, 5.74) is 1.80. The van der Waals surface area contributed by atoms with Crippen LogP contribution in [-0.4, -0.2) is 35.9 Å². The molecule has 0 saturated heterocycles. The first-order valence-electron chi connectivity index (χ1n) is 8.61. The van der Waals surface area contributed by atoms with Gasteiger partial charge in [0.1, 0.15) is 11.6 Å². The number of ether oxygens (including phenoxy) is 1. The Morgan fingerprint density at radius 1 is 1.19 bits per heavy atom. The molecule has 1 aliphatic rings. The van der Waals surface area contributed by atoms with Crippen molar-refractivity contribution in [3.8, 4) is 5.75 Å². The van der Waals surface area contributed by atoms with Gasteiger partial charge in [0.05, 0.1) is 6.54 Å². The van der Waals surface area contributed by atoms with Gasteiger partial charge in [0.25, 0.3) is 5.91 Å². The van der Waals surface area contributed by atoms with E-state index in [1.54, 1.807) is 12.1 Å². The van der Waals surface area contributed by atoms with Crippen LogP contribution in [0.1, 0.15) is 18.1 Å². The Kier molecular flexibility index (Phi) is 5.51. The summed E-state index contributed by atoms with van der Waals surface area (Å²) in [6.45, 7) is 2.50. The van der Waals surface area contributed by atoms with Crippen molar-refractivity contribution in [3.63, 3.8) is 0 Å². The Morgan fingerprint density at radius 3 is 2.62 bits per heavy atom. The lowest BCUT2D eigenvalue weighted by molar-refractivity contribution is -0.141. The van der Waals surface area contributed by atoms with Crippen LogP contribution in [0.5, 0.6) is 5.75 Å². The summed E-state index contributed by atoms with van der Waals surface area (Å²) in [5.74, 6) is -0.0521. The molecule has 1 aliphatic heterocycles. The summed E-state index contributed by atoms with van der Waals surface area (Å²) in [4.78, 5) is 26.3. The zero-order valence-corrected chi connectivity index (χ0v) is 14.6. The largest absolute Gasteiger partial charge is 0.480 e. The maximum atomic E-state index is 12.9. The fraction of sp³-hybridized carbons (Fsp3) is 0.300. The van der Waals surface area contributed by atoms with Crippen LogP contribution >= 0.6 is 0 Å². The Balaban J connectivity index is 1.53. The second-order valence-electron chi connectivity index (χ2n) is 6.17. The Morgan fingerprint density at radius 2 is 1.92 bits per heavy atom. The summed E-state index contributed by atoms with van der Waals surface area (Å²) in [6.07, 6.45) is -0.0693. The molecule has 5 nitrogen and oxygen atoms in total. The maximum absolute atomic E-state index is 12.9. The van der Waals surface area contributed by atoms with Gasteiger partial charge in [-0.05, 0) is 36.2 Å². The van der Waals surface area contributed by atoms with Crippen LogP contribution in [0.2, 0.25) is 0 Å². The van der Waals surface area contributed by atoms with Crippen molar-refractivity contribution in [3.05, 3.63) is 65.5 Å². The van der Waals surface area contributed by atoms with E-state index in [2.05, 4.69) is 5.32 Å². The number of hydrogen-bond donors (Lipinski definition) is 1. The SMILES string of the molecule is CCN(CC(=O)NCc1ccc(F)cc1)C(=O)C1Cc2ccccc2O1. The number of benzene rings is 2. The number of nitrogens with one attached hydrogen (secondary N) is 1. The van der Waals surface area contributed by atoms with Crippen LogP contribution in [-0.2, 0) is 22.6 Å². The van der Waals surface area contributed by atoms with Crippen molar-refractivity contribution in [2.24, 2.45) is 0 Å². The van der Waals surface area contributed by atoms with E-state index < -0.39 is 6.10 Å². The van der Waals surface area contributed by atoms with Gasteiger partial charge in [-0.25, -0.2) is 4.39 Å². The number of rotatable bonds is 6. The molecule has 0 radical (unpaired) electrons. The fourth-order valence-electron chi connectivity index (χ4n) is 2.90. The lowest BCUT2D eigenvalue weighted by atomic mass is 10.1. The third-order valence-corrected chi connectivity index (χ3v) is 4.35.